The highest BCUT2D eigenvalue weighted by Crippen LogP contribution is 2.38. The first-order valence-electron chi connectivity index (χ1n) is 8.68. The van der Waals surface area contributed by atoms with Gasteiger partial charge in [0.25, 0.3) is 0 Å². The number of benzene rings is 1. The summed E-state index contributed by atoms with van der Waals surface area (Å²) in [5.74, 6) is 2.25. The third-order valence-corrected chi connectivity index (χ3v) is 5.66. The highest BCUT2D eigenvalue weighted by atomic mass is 14.6. The van der Waals surface area contributed by atoms with E-state index in [1.165, 1.54) is 63.4 Å². The highest BCUT2D eigenvalue weighted by Gasteiger charge is 2.25. The van der Waals surface area contributed by atoms with Gasteiger partial charge in [0.1, 0.15) is 0 Å². The number of hydrogen-bond acceptors (Lipinski definition) is 1. The molecule has 0 aromatic heterocycles. The van der Waals surface area contributed by atoms with Gasteiger partial charge in [-0.1, -0.05) is 56.4 Å². The maximum atomic E-state index is 6.07. The summed E-state index contributed by atoms with van der Waals surface area (Å²) >= 11 is 0. The molecule has 1 nitrogen and oxygen atoms in total. The minimum atomic E-state index is 0.595. The van der Waals surface area contributed by atoms with E-state index >= 15 is 0 Å². The SMILES string of the molecule is NCC(c1ccc(C2CCCCC2)cc1)C1CCCC1. The lowest BCUT2D eigenvalue weighted by molar-refractivity contribution is 0.437. The first kappa shape index (κ1) is 14.1. The molecule has 1 unspecified atom stereocenters. The van der Waals surface area contributed by atoms with Gasteiger partial charge in [0.2, 0.25) is 0 Å². The first-order valence-corrected chi connectivity index (χ1v) is 8.68. The molecule has 1 aromatic rings. The van der Waals surface area contributed by atoms with Crippen LogP contribution in [0.2, 0.25) is 0 Å². The summed E-state index contributed by atoms with van der Waals surface area (Å²) in [7, 11) is 0. The predicted octanol–water partition coefficient (Wildman–Crippen LogP) is 4.97. The molecule has 2 N–H and O–H groups in total. The van der Waals surface area contributed by atoms with Gasteiger partial charge in [-0.2, -0.15) is 0 Å². The smallest absolute Gasteiger partial charge is 0.000556 e. The third-order valence-electron chi connectivity index (χ3n) is 5.66. The molecule has 2 saturated carbocycles. The van der Waals surface area contributed by atoms with Crippen LogP contribution in [0.3, 0.4) is 0 Å². The van der Waals surface area contributed by atoms with E-state index in [2.05, 4.69) is 24.3 Å². The summed E-state index contributed by atoms with van der Waals surface area (Å²) < 4.78 is 0. The largest absolute Gasteiger partial charge is 0.330 e. The zero-order chi connectivity index (χ0) is 13.8. The fourth-order valence-electron chi connectivity index (χ4n) is 4.41. The van der Waals surface area contributed by atoms with E-state index in [-0.39, 0.29) is 0 Å². The Bertz CT molecular complexity index is 396. The first-order chi connectivity index (χ1) is 9.88. The van der Waals surface area contributed by atoms with Gasteiger partial charge in [-0.05, 0) is 61.1 Å². The van der Waals surface area contributed by atoms with Crippen LogP contribution < -0.4 is 5.73 Å². The van der Waals surface area contributed by atoms with Crippen LogP contribution in [0.4, 0.5) is 0 Å². The Morgan fingerprint density at radius 3 is 2.05 bits per heavy atom. The Kier molecular flexibility index (Phi) is 4.77. The van der Waals surface area contributed by atoms with Gasteiger partial charge in [0, 0.05) is 0 Å². The van der Waals surface area contributed by atoms with E-state index in [1.807, 2.05) is 0 Å². The zero-order valence-electron chi connectivity index (χ0n) is 12.7. The second kappa shape index (κ2) is 6.76. The minimum absolute atomic E-state index is 0.595. The second-order valence-electron chi connectivity index (χ2n) is 6.89. The fourth-order valence-corrected chi connectivity index (χ4v) is 4.41. The lowest BCUT2D eigenvalue weighted by Gasteiger charge is -2.25. The Balaban J connectivity index is 1.70. The van der Waals surface area contributed by atoms with E-state index in [1.54, 1.807) is 5.56 Å². The molecule has 20 heavy (non-hydrogen) atoms. The van der Waals surface area contributed by atoms with Crippen LogP contribution in [0.5, 0.6) is 0 Å². The van der Waals surface area contributed by atoms with Crippen LogP contribution in [0.25, 0.3) is 0 Å². The summed E-state index contributed by atoms with van der Waals surface area (Å²) in [6.07, 6.45) is 12.6. The topological polar surface area (TPSA) is 26.0 Å². The van der Waals surface area contributed by atoms with Crippen molar-refractivity contribution in [3.05, 3.63) is 35.4 Å². The molecule has 2 fully saturated rings. The van der Waals surface area contributed by atoms with Gasteiger partial charge in [-0.3, -0.25) is 0 Å². The van der Waals surface area contributed by atoms with Gasteiger partial charge in [-0.25, -0.2) is 0 Å². The zero-order valence-corrected chi connectivity index (χ0v) is 12.7. The van der Waals surface area contributed by atoms with Crippen LogP contribution in [0.15, 0.2) is 24.3 Å². The summed E-state index contributed by atoms with van der Waals surface area (Å²) in [5, 5.41) is 0. The van der Waals surface area contributed by atoms with E-state index in [4.69, 9.17) is 5.73 Å². The molecule has 0 bridgehead atoms. The van der Waals surface area contributed by atoms with Crippen molar-refractivity contribution < 1.29 is 0 Å². The molecule has 2 aliphatic rings. The Labute approximate surface area is 124 Å². The van der Waals surface area contributed by atoms with Crippen molar-refractivity contribution in [3.8, 4) is 0 Å². The molecule has 2 aliphatic carbocycles. The number of hydrogen-bond donors (Lipinski definition) is 1. The van der Waals surface area contributed by atoms with Crippen molar-refractivity contribution in [3.63, 3.8) is 0 Å². The molecular weight excluding hydrogens is 242 g/mol. The Morgan fingerprint density at radius 1 is 0.850 bits per heavy atom. The van der Waals surface area contributed by atoms with E-state index in [0.717, 1.165) is 18.4 Å². The van der Waals surface area contributed by atoms with Gasteiger partial charge in [-0.15, -0.1) is 0 Å². The van der Waals surface area contributed by atoms with Crippen molar-refractivity contribution in [2.45, 2.75) is 69.6 Å². The van der Waals surface area contributed by atoms with Crippen LogP contribution in [0.1, 0.15) is 80.8 Å². The Morgan fingerprint density at radius 2 is 1.45 bits per heavy atom. The molecule has 0 saturated heterocycles. The summed E-state index contributed by atoms with van der Waals surface area (Å²) in [6.45, 7) is 0.813. The summed E-state index contributed by atoms with van der Waals surface area (Å²) in [4.78, 5) is 0. The molecular formula is C19H29N. The highest BCUT2D eigenvalue weighted by molar-refractivity contribution is 5.29. The fraction of sp³-hybridized carbons (Fsp3) is 0.684. The standard InChI is InChI=1S/C19H29N/c20-14-19(17-8-4-5-9-17)18-12-10-16(11-13-18)15-6-2-1-3-7-15/h10-13,15,17,19H,1-9,14,20H2. The molecule has 1 atom stereocenters. The lowest BCUT2D eigenvalue weighted by Crippen LogP contribution is -2.19. The number of nitrogens with two attached hydrogens (primary N) is 1. The average Bonchev–Trinajstić information content (AvgIpc) is 3.04. The van der Waals surface area contributed by atoms with Crippen molar-refractivity contribution in [1.29, 1.82) is 0 Å². The Hall–Kier alpha value is -0.820. The lowest BCUT2D eigenvalue weighted by atomic mass is 9.81. The van der Waals surface area contributed by atoms with Crippen molar-refractivity contribution in [2.75, 3.05) is 6.54 Å². The van der Waals surface area contributed by atoms with E-state index in [0.29, 0.717) is 5.92 Å². The maximum Gasteiger partial charge on any atom is -0.000556 e. The van der Waals surface area contributed by atoms with Crippen LogP contribution in [-0.4, -0.2) is 6.54 Å². The number of rotatable bonds is 4. The molecule has 0 radical (unpaired) electrons. The van der Waals surface area contributed by atoms with Gasteiger partial charge in [0.15, 0.2) is 0 Å². The van der Waals surface area contributed by atoms with E-state index < -0.39 is 0 Å². The average molecular weight is 271 g/mol. The monoisotopic (exact) mass is 271 g/mol. The third kappa shape index (κ3) is 3.09. The summed E-state index contributed by atoms with van der Waals surface area (Å²) in [6, 6.07) is 9.53. The molecule has 1 aromatic carbocycles. The maximum absolute atomic E-state index is 6.07. The predicted molar refractivity (Wildman–Crippen MR) is 86.0 cm³/mol. The molecule has 0 aliphatic heterocycles. The molecule has 0 amide bonds. The molecule has 0 spiro atoms. The molecule has 3 rings (SSSR count). The minimum Gasteiger partial charge on any atom is -0.330 e. The second-order valence-corrected chi connectivity index (χ2v) is 6.89. The molecule has 0 heterocycles. The quantitative estimate of drug-likeness (QED) is 0.822. The molecule has 1 heteroatoms. The van der Waals surface area contributed by atoms with Gasteiger partial charge in [0.05, 0.1) is 0 Å². The van der Waals surface area contributed by atoms with E-state index in [9.17, 15) is 0 Å². The van der Waals surface area contributed by atoms with Crippen LogP contribution in [-0.2, 0) is 0 Å². The summed E-state index contributed by atoms with van der Waals surface area (Å²) in [5.41, 5.74) is 9.12. The van der Waals surface area contributed by atoms with Crippen molar-refractivity contribution in [1.82, 2.24) is 0 Å². The van der Waals surface area contributed by atoms with Crippen molar-refractivity contribution >= 4 is 0 Å². The van der Waals surface area contributed by atoms with Crippen LogP contribution in [0, 0.1) is 5.92 Å². The van der Waals surface area contributed by atoms with Crippen LogP contribution >= 0.6 is 0 Å². The normalized spacial score (nSPS) is 23.1. The van der Waals surface area contributed by atoms with Gasteiger partial charge >= 0.3 is 0 Å². The van der Waals surface area contributed by atoms with Crippen molar-refractivity contribution in [2.24, 2.45) is 11.7 Å². The van der Waals surface area contributed by atoms with Gasteiger partial charge < -0.3 is 5.73 Å². The molecule has 110 valence electrons.